The van der Waals surface area contributed by atoms with Gasteiger partial charge >= 0.3 is 0 Å². The van der Waals surface area contributed by atoms with E-state index in [9.17, 15) is 5.11 Å². The van der Waals surface area contributed by atoms with E-state index in [1.807, 2.05) is 6.07 Å². The molecule has 0 saturated heterocycles. The smallest absolute Gasteiger partial charge is 0.0494 e. The van der Waals surface area contributed by atoms with E-state index in [-0.39, 0.29) is 12.0 Å². The lowest BCUT2D eigenvalue weighted by Crippen LogP contribution is -2.35. The lowest BCUT2D eigenvalue weighted by atomic mass is 9.94. The highest BCUT2D eigenvalue weighted by Crippen LogP contribution is 2.17. The monoisotopic (exact) mass is 221 g/mol. The molecule has 0 spiro atoms. The summed E-state index contributed by atoms with van der Waals surface area (Å²) in [5.74, 6) is 0. The quantitative estimate of drug-likeness (QED) is 0.798. The van der Waals surface area contributed by atoms with Crippen LogP contribution in [-0.2, 0) is 6.54 Å². The first-order chi connectivity index (χ1) is 7.57. The molecule has 1 aromatic rings. The summed E-state index contributed by atoms with van der Waals surface area (Å²) in [6.45, 7) is 9.49. The molecule has 2 nitrogen and oxygen atoms in total. The van der Waals surface area contributed by atoms with Gasteiger partial charge in [-0.2, -0.15) is 0 Å². The van der Waals surface area contributed by atoms with Gasteiger partial charge in [0.25, 0.3) is 0 Å². The summed E-state index contributed by atoms with van der Waals surface area (Å²) in [6.07, 6.45) is 0. The fourth-order valence-corrected chi connectivity index (χ4v) is 1.78. The Labute approximate surface area is 98.9 Å². The molecule has 0 atom stereocenters. The van der Waals surface area contributed by atoms with Crippen molar-refractivity contribution in [2.24, 2.45) is 5.41 Å². The predicted octanol–water partition coefficient (Wildman–Crippen LogP) is 2.53. The first-order valence-corrected chi connectivity index (χ1v) is 5.94. The second-order valence-electron chi connectivity index (χ2n) is 5.11. The Hall–Kier alpha value is -0.860. The van der Waals surface area contributed by atoms with E-state index in [1.165, 1.54) is 5.56 Å². The van der Waals surface area contributed by atoms with Crippen molar-refractivity contribution in [2.45, 2.75) is 27.3 Å². The van der Waals surface area contributed by atoms with E-state index >= 15 is 0 Å². The molecule has 0 aliphatic heterocycles. The van der Waals surface area contributed by atoms with Crippen molar-refractivity contribution >= 4 is 0 Å². The van der Waals surface area contributed by atoms with Crippen LogP contribution in [0.3, 0.4) is 0 Å². The van der Waals surface area contributed by atoms with E-state index in [0.717, 1.165) is 19.6 Å². The van der Waals surface area contributed by atoms with Crippen molar-refractivity contribution in [3.8, 4) is 0 Å². The van der Waals surface area contributed by atoms with Gasteiger partial charge in [-0.25, -0.2) is 0 Å². The lowest BCUT2D eigenvalue weighted by molar-refractivity contribution is 0.102. The Balaban J connectivity index is 2.56. The highest BCUT2D eigenvalue weighted by atomic mass is 16.3. The van der Waals surface area contributed by atoms with Gasteiger partial charge in [0, 0.05) is 25.1 Å². The Bertz CT molecular complexity index is 295. The molecule has 90 valence electrons. The van der Waals surface area contributed by atoms with Crippen molar-refractivity contribution in [3.63, 3.8) is 0 Å². The van der Waals surface area contributed by atoms with Crippen LogP contribution in [0.4, 0.5) is 0 Å². The Morgan fingerprint density at radius 1 is 1.19 bits per heavy atom. The van der Waals surface area contributed by atoms with Crippen LogP contribution >= 0.6 is 0 Å². The molecule has 1 aromatic carbocycles. The number of benzene rings is 1. The summed E-state index contributed by atoms with van der Waals surface area (Å²) < 4.78 is 0. The molecular weight excluding hydrogens is 198 g/mol. The summed E-state index contributed by atoms with van der Waals surface area (Å²) in [7, 11) is 0. The summed E-state index contributed by atoms with van der Waals surface area (Å²) in [4.78, 5) is 2.37. The van der Waals surface area contributed by atoms with Gasteiger partial charge < -0.3 is 5.11 Å². The third kappa shape index (κ3) is 4.33. The molecule has 0 unspecified atom stereocenters. The molecule has 0 aromatic heterocycles. The summed E-state index contributed by atoms with van der Waals surface area (Å²) in [5, 5.41) is 9.28. The summed E-state index contributed by atoms with van der Waals surface area (Å²) >= 11 is 0. The van der Waals surface area contributed by atoms with Crippen molar-refractivity contribution in [2.75, 3.05) is 19.7 Å². The molecule has 0 heterocycles. The average molecular weight is 221 g/mol. The SMILES string of the molecule is CCN(Cc1ccccc1)CC(C)(C)CO. The topological polar surface area (TPSA) is 23.5 Å². The fraction of sp³-hybridized carbons (Fsp3) is 0.571. The van der Waals surface area contributed by atoms with Crippen molar-refractivity contribution < 1.29 is 5.11 Å². The van der Waals surface area contributed by atoms with Gasteiger partial charge in [0.1, 0.15) is 0 Å². The molecule has 1 rings (SSSR count). The van der Waals surface area contributed by atoms with E-state index < -0.39 is 0 Å². The molecule has 0 saturated carbocycles. The van der Waals surface area contributed by atoms with Crippen LogP contribution in [0.1, 0.15) is 26.3 Å². The summed E-state index contributed by atoms with van der Waals surface area (Å²) in [6, 6.07) is 10.5. The van der Waals surface area contributed by atoms with Crippen molar-refractivity contribution in [3.05, 3.63) is 35.9 Å². The molecule has 0 fully saturated rings. The van der Waals surface area contributed by atoms with Crippen LogP contribution in [0.2, 0.25) is 0 Å². The van der Waals surface area contributed by atoms with Gasteiger partial charge in [-0.05, 0) is 12.1 Å². The van der Waals surface area contributed by atoms with Crippen LogP contribution < -0.4 is 0 Å². The maximum absolute atomic E-state index is 9.28. The van der Waals surface area contributed by atoms with Crippen LogP contribution in [0.5, 0.6) is 0 Å². The Kier molecular flexibility index (Phi) is 4.97. The molecule has 1 N–H and O–H groups in total. The number of hydrogen-bond donors (Lipinski definition) is 1. The van der Waals surface area contributed by atoms with Gasteiger partial charge in [-0.1, -0.05) is 51.1 Å². The van der Waals surface area contributed by atoms with Gasteiger partial charge in [0.2, 0.25) is 0 Å². The van der Waals surface area contributed by atoms with Gasteiger partial charge in [0.15, 0.2) is 0 Å². The maximum atomic E-state index is 9.28. The largest absolute Gasteiger partial charge is 0.396 e. The third-order valence-electron chi connectivity index (χ3n) is 2.78. The second kappa shape index (κ2) is 6.02. The Morgan fingerprint density at radius 3 is 2.31 bits per heavy atom. The minimum Gasteiger partial charge on any atom is -0.396 e. The van der Waals surface area contributed by atoms with E-state index in [1.54, 1.807) is 0 Å². The minimum absolute atomic E-state index is 0.0230. The molecule has 0 amide bonds. The summed E-state index contributed by atoms with van der Waals surface area (Å²) in [5.41, 5.74) is 1.31. The number of hydrogen-bond acceptors (Lipinski definition) is 2. The molecule has 2 heteroatoms. The van der Waals surface area contributed by atoms with Crippen LogP contribution in [0.25, 0.3) is 0 Å². The standard InChI is InChI=1S/C14H23NO/c1-4-15(11-14(2,3)12-16)10-13-8-6-5-7-9-13/h5-9,16H,4,10-12H2,1-3H3. The second-order valence-corrected chi connectivity index (χ2v) is 5.11. The molecule has 0 aliphatic rings. The normalized spacial score (nSPS) is 12.1. The van der Waals surface area contributed by atoms with Gasteiger partial charge in [-0.15, -0.1) is 0 Å². The van der Waals surface area contributed by atoms with Gasteiger partial charge in [0.05, 0.1) is 0 Å². The first kappa shape index (κ1) is 13.2. The van der Waals surface area contributed by atoms with Crippen molar-refractivity contribution in [1.82, 2.24) is 4.90 Å². The molecule has 0 radical (unpaired) electrons. The number of aliphatic hydroxyl groups is 1. The van der Waals surface area contributed by atoms with E-state index in [0.29, 0.717) is 0 Å². The average Bonchev–Trinajstić information content (AvgIpc) is 2.29. The molecule has 0 aliphatic carbocycles. The number of nitrogens with zero attached hydrogens (tertiary/aromatic N) is 1. The highest BCUT2D eigenvalue weighted by Gasteiger charge is 2.19. The van der Waals surface area contributed by atoms with Crippen LogP contribution in [0.15, 0.2) is 30.3 Å². The van der Waals surface area contributed by atoms with Crippen LogP contribution in [0, 0.1) is 5.41 Å². The lowest BCUT2D eigenvalue weighted by Gasteiger charge is -2.30. The number of rotatable bonds is 6. The van der Waals surface area contributed by atoms with E-state index in [4.69, 9.17) is 0 Å². The highest BCUT2D eigenvalue weighted by molar-refractivity contribution is 5.14. The third-order valence-corrected chi connectivity index (χ3v) is 2.78. The molecule has 0 bridgehead atoms. The zero-order valence-corrected chi connectivity index (χ0v) is 10.6. The predicted molar refractivity (Wildman–Crippen MR) is 68.3 cm³/mol. The van der Waals surface area contributed by atoms with E-state index in [2.05, 4.69) is 49.9 Å². The molecule has 16 heavy (non-hydrogen) atoms. The zero-order chi connectivity index (χ0) is 12.0. The zero-order valence-electron chi connectivity index (χ0n) is 10.6. The maximum Gasteiger partial charge on any atom is 0.0494 e. The number of aliphatic hydroxyl groups excluding tert-OH is 1. The van der Waals surface area contributed by atoms with Crippen molar-refractivity contribution in [1.29, 1.82) is 0 Å². The van der Waals surface area contributed by atoms with Crippen LogP contribution in [-0.4, -0.2) is 29.7 Å². The minimum atomic E-state index is -0.0230. The molecular formula is C14H23NO. The Morgan fingerprint density at radius 2 is 1.81 bits per heavy atom. The van der Waals surface area contributed by atoms with Gasteiger partial charge in [-0.3, -0.25) is 4.90 Å². The first-order valence-electron chi connectivity index (χ1n) is 5.94. The fourth-order valence-electron chi connectivity index (χ4n) is 1.78.